The van der Waals surface area contributed by atoms with Gasteiger partial charge < -0.3 is 15.4 Å². The van der Waals surface area contributed by atoms with Crippen LogP contribution in [-0.4, -0.2) is 22.5 Å². The van der Waals surface area contributed by atoms with E-state index in [0.717, 1.165) is 27.6 Å². The van der Waals surface area contributed by atoms with Crippen molar-refractivity contribution in [1.82, 2.24) is 10.3 Å². The molecule has 1 atom stereocenters. The van der Waals surface area contributed by atoms with Crippen LogP contribution >= 0.6 is 0 Å². The van der Waals surface area contributed by atoms with Crippen molar-refractivity contribution in [3.63, 3.8) is 0 Å². The molecule has 4 heteroatoms. The molecule has 0 radical (unpaired) electrons. The van der Waals surface area contributed by atoms with Gasteiger partial charge in [-0.2, -0.15) is 0 Å². The van der Waals surface area contributed by atoms with E-state index in [2.05, 4.69) is 10.3 Å². The number of rotatable bonds is 4. The normalized spacial score (nSPS) is 12.3. The van der Waals surface area contributed by atoms with E-state index >= 15 is 0 Å². The highest BCUT2D eigenvalue weighted by Gasteiger charge is 2.14. The second-order valence-electron chi connectivity index (χ2n) is 5.84. The Morgan fingerprint density at radius 2 is 1.87 bits per heavy atom. The first kappa shape index (κ1) is 15.3. The van der Waals surface area contributed by atoms with Crippen LogP contribution in [0.15, 0.2) is 48.5 Å². The molecular weight excluding hydrogens is 288 g/mol. The molecule has 0 saturated carbocycles. The Balaban J connectivity index is 1.69. The van der Waals surface area contributed by atoms with E-state index in [-0.39, 0.29) is 12.5 Å². The predicted octanol–water partition coefficient (Wildman–Crippen LogP) is 3.25. The van der Waals surface area contributed by atoms with Crippen LogP contribution in [0.25, 0.3) is 10.8 Å². The summed E-state index contributed by atoms with van der Waals surface area (Å²) in [6.07, 6.45) is -0.736. The summed E-state index contributed by atoms with van der Waals surface area (Å²) in [4.78, 5) is 15.2. The summed E-state index contributed by atoms with van der Waals surface area (Å²) >= 11 is 0. The molecule has 1 aromatic heterocycles. The number of carbonyl (C=O) groups is 1. The van der Waals surface area contributed by atoms with Crippen LogP contribution in [0.5, 0.6) is 0 Å². The number of hydrogen-bond acceptors (Lipinski definition) is 2. The number of fused-ring (bicyclic) bond motifs is 1. The van der Waals surface area contributed by atoms with Gasteiger partial charge in [0.2, 0.25) is 0 Å². The molecule has 1 unspecified atom stereocenters. The van der Waals surface area contributed by atoms with Crippen LogP contribution in [0.1, 0.15) is 33.4 Å². The molecule has 0 fully saturated rings. The molecule has 3 aromatic rings. The average molecular weight is 308 g/mol. The van der Waals surface area contributed by atoms with E-state index in [1.807, 2.05) is 62.4 Å². The standard InChI is InChI=1S/C19H20N2O2/c1-12-9-13(2)21-18(12)19(23)20-11-17(22)16-8-7-14-5-3-4-6-15(14)10-16/h3-10,17,21-22H,11H2,1-2H3,(H,20,23). The number of carbonyl (C=O) groups excluding carboxylic acids is 1. The first-order valence-corrected chi connectivity index (χ1v) is 7.66. The van der Waals surface area contributed by atoms with E-state index in [4.69, 9.17) is 0 Å². The lowest BCUT2D eigenvalue weighted by molar-refractivity contribution is 0.0911. The fraction of sp³-hybridized carbons (Fsp3) is 0.211. The van der Waals surface area contributed by atoms with Gasteiger partial charge in [0.15, 0.2) is 0 Å². The maximum Gasteiger partial charge on any atom is 0.268 e. The number of aliphatic hydroxyl groups is 1. The van der Waals surface area contributed by atoms with Crippen LogP contribution in [0.4, 0.5) is 0 Å². The van der Waals surface area contributed by atoms with Crippen molar-refractivity contribution >= 4 is 16.7 Å². The largest absolute Gasteiger partial charge is 0.387 e. The summed E-state index contributed by atoms with van der Waals surface area (Å²) in [5.74, 6) is -0.199. The monoisotopic (exact) mass is 308 g/mol. The zero-order valence-electron chi connectivity index (χ0n) is 13.3. The Kier molecular flexibility index (Phi) is 4.17. The minimum atomic E-state index is -0.736. The molecule has 0 bridgehead atoms. The molecule has 0 spiro atoms. The lowest BCUT2D eigenvalue weighted by Crippen LogP contribution is -2.29. The highest BCUT2D eigenvalue weighted by Crippen LogP contribution is 2.20. The first-order chi connectivity index (χ1) is 11.0. The van der Waals surface area contributed by atoms with E-state index in [9.17, 15) is 9.90 Å². The fourth-order valence-electron chi connectivity index (χ4n) is 2.78. The van der Waals surface area contributed by atoms with E-state index in [1.165, 1.54) is 0 Å². The van der Waals surface area contributed by atoms with Crippen molar-refractivity contribution < 1.29 is 9.90 Å². The van der Waals surface area contributed by atoms with Crippen molar-refractivity contribution in [2.24, 2.45) is 0 Å². The molecule has 0 aliphatic carbocycles. The number of benzene rings is 2. The van der Waals surface area contributed by atoms with Gasteiger partial charge in [-0.3, -0.25) is 4.79 Å². The van der Waals surface area contributed by atoms with Crippen molar-refractivity contribution in [1.29, 1.82) is 0 Å². The second kappa shape index (κ2) is 6.26. The summed E-state index contributed by atoms with van der Waals surface area (Å²) < 4.78 is 0. The summed E-state index contributed by atoms with van der Waals surface area (Å²) in [7, 11) is 0. The van der Waals surface area contributed by atoms with Crippen molar-refractivity contribution in [2.45, 2.75) is 20.0 Å². The third kappa shape index (κ3) is 3.27. The number of nitrogens with one attached hydrogen (secondary N) is 2. The van der Waals surface area contributed by atoms with Crippen LogP contribution in [0.2, 0.25) is 0 Å². The predicted molar refractivity (Wildman–Crippen MR) is 91.5 cm³/mol. The molecule has 118 valence electrons. The molecule has 4 nitrogen and oxygen atoms in total. The van der Waals surface area contributed by atoms with Crippen LogP contribution in [0.3, 0.4) is 0 Å². The molecule has 3 N–H and O–H groups in total. The van der Waals surface area contributed by atoms with Crippen molar-refractivity contribution in [3.8, 4) is 0 Å². The summed E-state index contributed by atoms with van der Waals surface area (Å²) in [5.41, 5.74) is 3.19. The highest BCUT2D eigenvalue weighted by molar-refractivity contribution is 5.94. The molecule has 0 aliphatic rings. The molecule has 1 amide bonds. The van der Waals surface area contributed by atoms with E-state index < -0.39 is 6.10 Å². The van der Waals surface area contributed by atoms with Gasteiger partial charge in [-0.15, -0.1) is 0 Å². The average Bonchev–Trinajstić information content (AvgIpc) is 2.90. The van der Waals surface area contributed by atoms with Gasteiger partial charge >= 0.3 is 0 Å². The zero-order valence-corrected chi connectivity index (χ0v) is 13.3. The van der Waals surface area contributed by atoms with Gasteiger partial charge in [-0.1, -0.05) is 36.4 Å². The summed E-state index contributed by atoms with van der Waals surface area (Å²) in [6, 6.07) is 15.7. The molecule has 23 heavy (non-hydrogen) atoms. The summed E-state index contributed by atoms with van der Waals surface area (Å²) in [5, 5.41) is 15.3. The number of H-pyrrole nitrogens is 1. The Morgan fingerprint density at radius 3 is 2.57 bits per heavy atom. The number of aromatic nitrogens is 1. The molecule has 0 saturated heterocycles. The lowest BCUT2D eigenvalue weighted by Gasteiger charge is -2.13. The lowest BCUT2D eigenvalue weighted by atomic mass is 10.0. The number of amides is 1. The number of aryl methyl sites for hydroxylation is 2. The quantitative estimate of drug-likeness (QED) is 0.692. The van der Waals surface area contributed by atoms with E-state index in [0.29, 0.717) is 5.69 Å². The first-order valence-electron chi connectivity index (χ1n) is 7.66. The Labute approximate surface area is 135 Å². The molecule has 2 aromatic carbocycles. The number of aliphatic hydroxyl groups excluding tert-OH is 1. The maximum atomic E-state index is 12.2. The molecule has 1 heterocycles. The minimum Gasteiger partial charge on any atom is -0.387 e. The zero-order chi connectivity index (χ0) is 16.4. The molecule has 0 aliphatic heterocycles. The van der Waals surface area contributed by atoms with Crippen molar-refractivity contribution in [2.75, 3.05) is 6.54 Å². The van der Waals surface area contributed by atoms with Gasteiger partial charge in [0, 0.05) is 12.2 Å². The number of aromatic amines is 1. The Morgan fingerprint density at radius 1 is 1.13 bits per heavy atom. The van der Waals surface area contributed by atoms with Crippen molar-refractivity contribution in [3.05, 3.63) is 71.0 Å². The SMILES string of the molecule is Cc1cc(C)c(C(=O)NCC(O)c2ccc3ccccc3c2)[nH]1. The fourth-order valence-corrected chi connectivity index (χ4v) is 2.78. The van der Waals surface area contributed by atoms with Gasteiger partial charge in [-0.25, -0.2) is 0 Å². The highest BCUT2D eigenvalue weighted by atomic mass is 16.3. The smallest absolute Gasteiger partial charge is 0.268 e. The Bertz CT molecular complexity index is 851. The maximum absolute atomic E-state index is 12.2. The molecule has 3 rings (SSSR count). The minimum absolute atomic E-state index is 0.175. The summed E-state index contributed by atoms with van der Waals surface area (Å²) in [6.45, 7) is 3.97. The third-order valence-corrected chi connectivity index (χ3v) is 3.99. The topological polar surface area (TPSA) is 65.1 Å². The molecular formula is C19H20N2O2. The van der Waals surface area contributed by atoms with E-state index in [1.54, 1.807) is 0 Å². The van der Waals surface area contributed by atoms with Crippen LogP contribution < -0.4 is 5.32 Å². The third-order valence-electron chi connectivity index (χ3n) is 3.99. The van der Waals surface area contributed by atoms with Crippen LogP contribution in [0, 0.1) is 13.8 Å². The number of hydrogen-bond donors (Lipinski definition) is 3. The van der Waals surface area contributed by atoms with Crippen LogP contribution in [-0.2, 0) is 0 Å². The van der Waals surface area contributed by atoms with Gasteiger partial charge in [-0.05, 0) is 47.9 Å². The van der Waals surface area contributed by atoms with Gasteiger partial charge in [0.25, 0.3) is 5.91 Å². The van der Waals surface area contributed by atoms with Gasteiger partial charge in [0.1, 0.15) is 5.69 Å². The Hall–Kier alpha value is -2.59. The van der Waals surface area contributed by atoms with Gasteiger partial charge in [0.05, 0.1) is 6.10 Å². The second-order valence-corrected chi connectivity index (χ2v) is 5.84.